The summed E-state index contributed by atoms with van der Waals surface area (Å²) in [6, 6.07) is 0. The van der Waals surface area contributed by atoms with Crippen molar-refractivity contribution in [2.45, 2.75) is 24.6 Å². The Morgan fingerprint density at radius 1 is 0.769 bits per heavy atom. The fourth-order valence-corrected chi connectivity index (χ4v) is 0.391. The van der Waals surface area contributed by atoms with E-state index in [0.717, 1.165) is 0 Å². The van der Waals surface area contributed by atoms with Crippen molar-refractivity contribution >= 4 is 0 Å². The number of hydrogen-bond donors (Lipinski definition) is 2. The van der Waals surface area contributed by atoms with Crippen LogP contribution in [0.4, 0.5) is 26.3 Å². The molecule has 0 heterocycles. The molecule has 2 atom stereocenters. The van der Waals surface area contributed by atoms with Crippen LogP contribution in [0.25, 0.3) is 0 Å². The van der Waals surface area contributed by atoms with Crippen molar-refractivity contribution in [2.75, 3.05) is 0 Å². The molecule has 0 fully saturated rings. The maximum atomic E-state index is 11.4. The van der Waals surface area contributed by atoms with Crippen molar-refractivity contribution in [3.8, 4) is 0 Å². The molecule has 0 aromatic heterocycles. The van der Waals surface area contributed by atoms with E-state index in [4.69, 9.17) is 10.2 Å². The number of alkyl halides is 6. The Balaban J connectivity index is 4.15. The van der Waals surface area contributed by atoms with Gasteiger partial charge in [0, 0.05) is 12.2 Å². The van der Waals surface area contributed by atoms with Gasteiger partial charge >= 0.3 is 12.4 Å². The van der Waals surface area contributed by atoms with Crippen LogP contribution in [0.3, 0.4) is 0 Å². The average molecular weight is 211 g/mol. The van der Waals surface area contributed by atoms with Crippen LogP contribution in [0, 0.1) is 6.42 Å². The molecule has 0 bridgehead atoms. The summed E-state index contributed by atoms with van der Waals surface area (Å²) in [6.07, 6.45) is -17.6. The highest BCUT2D eigenvalue weighted by atomic mass is 19.4. The Bertz CT molecular complexity index is 143. The Kier molecular flexibility index (Phi) is 3.56. The van der Waals surface area contributed by atoms with Crippen LogP contribution in [-0.4, -0.2) is 34.8 Å². The molecular formula is C5H5F6O2-. The van der Waals surface area contributed by atoms with E-state index in [1.54, 1.807) is 0 Å². The molecule has 8 heteroatoms. The molecule has 0 saturated carbocycles. The third kappa shape index (κ3) is 4.32. The molecule has 0 amide bonds. The van der Waals surface area contributed by atoms with E-state index in [1.807, 2.05) is 0 Å². The number of rotatable bonds is 2. The van der Waals surface area contributed by atoms with E-state index in [1.165, 1.54) is 0 Å². The minimum Gasteiger partial charge on any atom is -0.416 e. The second kappa shape index (κ2) is 3.70. The van der Waals surface area contributed by atoms with Gasteiger partial charge in [-0.3, -0.25) is 6.42 Å². The van der Waals surface area contributed by atoms with Crippen molar-refractivity contribution in [2.24, 2.45) is 0 Å². The number of aliphatic hydroxyl groups excluding tert-OH is 2. The summed E-state index contributed by atoms with van der Waals surface area (Å²) in [6.45, 7) is 0. The predicted octanol–water partition coefficient (Wildman–Crippen LogP) is 1.04. The molecule has 2 N–H and O–H groups in total. The van der Waals surface area contributed by atoms with Gasteiger partial charge < -0.3 is 10.2 Å². The molecule has 2 unspecified atom stereocenters. The van der Waals surface area contributed by atoms with Gasteiger partial charge in [-0.15, -0.1) is 0 Å². The normalized spacial score (nSPS) is 18.5. The van der Waals surface area contributed by atoms with Crippen LogP contribution in [0.2, 0.25) is 0 Å². The molecule has 0 rings (SSSR count). The van der Waals surface area contributed by atoms with Gasteiger partial charge in [0.15, 0.2) is 0 Å². The molecule has 0 aliphatic carbocycles. The summed E-state index contributed by atoms with van der Waals surface area (Å²) in [7, 11) is 0. The van der Waals surface area contributed by atoms with Gasteiger partial charge in [-0.05, 0) is 0 Å². The zero-order chi connectivity index (χ0) is 10.9. The quantitative estimate of drug-likeness (QED) is 0.529. The highest BCUT2D eigenvalue weighted by molar-refractivity contribution is 4.91. The van der Waals surface area contributed by atoms with Gasteiger partial charge in [0.05, 0.1) is 0 Å². The minimum absolute atomic E-state index is 0.639. The van der Waals surface area contributed by atoms with Crippen LogP contribution in [0.1, 0.15) is 0 Å². The molecule has 0 radical (unpaired) electrons. The molecule has 13 heavy (non-hydrogen) atoms. The molecular weight excluding hydrogens is 206 g/mol. The SMILES string of the molecule is OC([CH-]C(O)C(F)(F)F)C(F)(F)F. The minimum atomic E-state index is -5.20. The van der Waals surface area contributed by atoms with Crippen molar-refractivity contribution in [1.29, 1.82) is 0 Å². The first-order chi connectivity index (χ1) is 5.55. The van der Waals surface area contributed by atoms with Crippen LogP contribution in [0.5, 0.6) is 0 Å². The van der Waals surface area contributed by atoms with Gasteiger partial charge in [-0.25, -0.2) is 0 Å². The first-order valence-corrected chi connectivity index (χ1v) is 2.89. The molecule has 0 saturated heterocycles. The first kappa shape index (κ1) is 12.5. The third-order valence-electron chi connectivity index (χ3n) is 1.04. The standard InChI is InChI=1S/C5H5F6O2/c6-4(7,8)2(12)1-3(13)5(9,10)11/h1-3,12-13H/q-1. The van der Waals surface area contributed by atoms with Crippen molar-refractivity contribution in [3.63, 3.8) is 0 Å². The summed E-state index contributed by atoms with van der Waals surface area (Å²) >= 11 is 0. The fourth-order valence-electron chi connectivity index (χ4n) is 0.391. The number of hydrogen-bond acceptors (Lipinski definition) is 2. The van der Waals surface area contributed by atoms with Gasteiger partial charge in [0.25, 0.3) is 0 Å². The van der Waals surface area contributed by atoms with E-state index in [-0.39, 0.29) is 0 Å². The molecule has 80 valence electrons. The number of halogens is 6. The Labute approximate surface area is 68.8 Å². The predicted molar refractivity (Wildman–Crippen MR) is 28.4 cm³/mol. The smallest absolute Gasteiger partial charge is 0.387 e. The highest BCUT2D eigenvalue weighted by Crippen LogP contribution is 2.28. The molecule has 0 aliphatic heterocycles. The fraction of sp³-hybridized carbons (Fsp3) is 0.800. The van der Waals surface area contributed by atoms with E-state index in [0.29, 0.717) is 0 Å². The van der Waals surface area contributed by atoms with Crippen LogP contribution in [0.15, 0.2) is 0 Å². The number of aliphatic hydroxyl groups is 2. The van der Waals surface area contributed by atoms with E-state index >= 15 is 0 Å². The summed E-state index contributed by atoms with van der Waals surface area (Å²) in [5.41, 5.74) is 0. The monoisotopic (exact) mass is 211 g/mol. The summed E-state index contributed by atoms with van der Waals surface area (Å²) in [5.74, 6) is 0. The zero-order valence-corrected chi connectivity index (χ0v) is 5.89. The van der Waals surface area contributed by atoms with Gasteiger partial charge in [0.2, 0.25) is 0 Å². The molecule has 0 aromatic rings. The maximum absolute atomic E-state index is 11.4. The van der Waals surface area contributed by atoms with E-state index < -0.39 is 31.0 Å². The zero-order valence-electron chi connectivity index (χ0n) is 5.89. The lowest BCUT2D eigenvalue weighted by Crippen LogP contribution is -2.39. The third-order valence-corrected chi connectivity index (χ3v) is 1.04. The topological polar surface area (TPSA) is 40.5 Å². The molecule has 0 spiro atoms. The summed E-state index contributed by atoms with van der Waals surface area (Å²) < 4.78 is 68.6. The first-order valence-electron chi connectivity index (χ1n) is 2.89. The summed E-state index contributed by atoms with van der Waals surface area (Å²) in [4.78, 5) is 0. The molecule has 2 nitrogen and oxygen atoms in total. The van der Waals surface area contributed by atoms with Crippen LogP contribution >= 0.6 is 0 Å². The molecule has 0 aliphatic rings. The Hall–Kier alpha value is -0.500. The van der Waals surface area contributed by atoms with E-state index in [9.17, 15) is 26.3 Å². The van der Waals surface area contributed by atoms with Crippen molar-refractivity contribution in [3.05, 3.63) is 6.42 Å². The van der Waals surface area contributed by atoms with E-state index in [2.05, 4.69) is 0 Å². The second-order valence-electron chi connectivity index (χ2n) is 2.17. The second-order valence-corrected chi connectivity index (χ2v) is 2.17. The van der Waals surface area contributed by atoms with Gasteiger partial charge in [-0.1, -0.05) is 0 Å². The lowest BCUT2D eigenvalue weighted by molar-refractivity contribution is -0.222. The van der Waals surface area contributed by atoms with Crippen molar-refractivity contribution < 1.29 is 36.6 Å². The van der Waals surface area contributed by atoms with Gasteiger partial charge in [0.1, 0.15) is 0 Å². The van der Waals surface area contributed by atoms with Crippen molar-refractivity contribution in [1.82, 2.24) is 0 Å². The average Bonchev–Trinajstić information content (AvgIpc) is 1.82. The van der Waals surface area contributed by atoms with Crippen LogP contribution < -0.4 is 0 Å². The maximum Gasteiger partial charge on any atom is 0.387 e. The summed E-state index contributed by atoms with van der Waals surface area (Å²) in [5, 5.41) is 16.2. The largest absolute Gasteiger partial charge is 0.416 e. The Morgan fingerprint density at radius 2 is 1.00 bits per heavy atom. The lowest BCUT2D eigenvalue weighted by atomic mass is 10.1. The highest BCUT2D eigenvalue weighted by Gasteiger charge is 2.39. The lowest BCUT2D eigenvalue weighted by Gasteiger charge is -2.28. The Morgan fingerprint density at radius 3 is 1.15 bits per heavy atom. The van der Waals surface area contributed by atoms with Gasteiger partial charge in [-0.2, -0.15) is 26.3 Å². The molecule has 0 aromatic carbocycles. The van der Waals surface area contributed by atoms with Crippen LogP contribution in [-0.2, 0) is 0 Å².